The third-order valence-corrected chi connectivity index (χ3v) is 8.95. The van der Waals surface area contributed by atoms with Gasteiger partial charge in [0.05, 0.1) is 5.92 Å². The first kappa shape index (κ1) is 20.9. The van der Waals surface area contributed by atoms with Gasteiger partial charge in [-0.2, -0.15) is 0 Å². The number of hydrogen-bond acceptors (Lipinski definition) is 3. The summed E-state index contributed by atoms with van der Waals surface area (Å²) in [6.45, 7) is 11.7. The number of rotatable bonds is 5. The zero-order valence-electron chi connectivity index (χ0n) is 18.9. The molecule has 1 heterocycles. The lowest BCUT2D eigenvalue weighted by molar-refractivity contribution is -0.154. The fourth-order valence-corrected chi connectivity index (χ4v) is 7.12. The molecule has 0 amide bonds. The summed E-state index contributed by atoms with van der Waals surface area (Å²) in [6, 6.07) is 0. The molecule has 3 nitrogen and oxygen atoms in total. The van der Waals surface area contributed by atoms with Gasteiger partial charge in [0, 0.05) is 17.8 Å². The van der Waals surface area contributed by atoms with E-state index in [-0.39, 0.29) is 28.5 Å². The van der Waals surface area contributed by atoms with Crippen molar-refractivity contribution >= 4 is 11.8 Å². The van der Waals surface area contributed by atoms with Crippen molar-refractivity contribution in [3.05, 3.63) is 23.5 Å². The molecule has 3 heteroatoms. The van der Waals surface area contributed by atoms with E-state index in [1.165, 1.54) is 37.7 Å². The van der Waals surface area contributed by atoms with Crippen molar-refractivity contribution in [1.29, 1.82) is 0 Å². The van der Waals surface area contributed by atoms with Crippen molar-refractivity contribution in [3.8, 4) is 0 Å². The topological polar surface area (TPSA) is 43.4 Å². The highest BCUT2D eigenvalue weighted by atomic mass is 16.5. The second kappa shape index (κ2) is 7.39. The standard InChI is InChI=1S/C26H38O3/c1-16(2)7-6-8-17(3)19-9-10-20-23-21(12-14-25(19,20)4)26(5)13-11-18(27)15-22(26)24(28)29-23/h11,13,16-17,19-20,22H,6-10,12,14-15H2,1-5H3/t17-,19-,20+,22?,25-,26-/m1/s1. The smallest absolute Gasteiger partial charge is 0.315 e. The minimum Gasteiger partial charge on any atom is -0.431 e. The van der Waals surface area contributed by atoms with Crippen molar-refractivity contribution in [2.24, 2.45) is 40.4 Å². The highest BCUT2D eigenvalue weighted by molar-refractivity contribution is 5.95. The molecule has 0 aromatic rings. The molecule has 1 unspecified atom stereocenters. The highest BCUT2D eigenvalue weighted by Gasteiger charge is 2.58. The van der Waals surface area contributed by atoms with Crippen LogP contribution < -0.4 is 0 Å². The predicted molar refractivity (Wildman–Crippen MR) is 115 cm³/mol. The van der Waals surface area contributed by atoms with Crippen LogP contribution in [0.1, 0.15) is 86.0 Å². The molecule has 0 N–H and O–H groups in total. The van der Waals surface area contributed by atoms with E-state index in [1.807, 2.05) is 6.08 Å². The minimum atomic E-state index is -0.338. The largest absolute Gasteiger partial charge is 0.431 e. The van der Waals surface area contributed by atoms with Gasteiger partial charge in [-0.1, -0.05) is 60.0 Å². The van der Waals surface area contributed by atoms with E-state index in [9.17, 15) is 9.59 Å². The maximum atomic E-state index is 12.9. The second-order valence-corrected chi connectivity index (χ2v) is 11.1. The Hall–Kier alpha value is -1.38. The Morgan fingerprint density at radius 1 is 1.10 bits per heavy atom. The summed E-state index contributed by atoms with van der Waals surface area (Å²) in [5.41, 5.74) is 1.20. The van der Waals surface area contributed by atoms with Crippen LogP contribution in [-0.4, -0.2) is 11.8 Å². The lowest BCUT2D eigenvalue weighted by Gasteiger charge is -2.51. The number of hydrogen-bond donors (Lipinski definition) is 0. The Balaban J connectivity index is 1.60. The minimum absolute atomic E-state index is 0.0466. The summed E-state index contributed by atoms with van der Waals surface area (Å²) in [7, 11) is 0. The van der Waals surface area contributed by atoms with Crippen LogP contribution in [-0.2, 0) is 14.3 Å². The summed E-state index contributed by atoms with van der Waals surface area (Å²) in [5, 5.41) is 0. The van der Waals surface area contributed by atoms with E-state index in [1.54, 1.807) is 6.08 Å². The molecular formula is C26H38O3. The number of fused-ring (bicyclic) bond motifs is 4. The van der Waals surface area contributed by atoms with Crippen LogP contribution in [0, 0.1) is 40.4 Å². The van der Waals surface area contributed by atoms with Crippen LogP contribution in [0.3, 0.4) is 0 Å². The molecule has 0 saturated heterocycles. The number of ether oxygens (including phenoxy) is 1. The first-order valence-electron chi connectivity index (χ1n) is 11.8. The van der Waals surface area contributed by atoms with Crippen molar-refractivity contribution in [2.75, 3.05) is 0 Å². The Morgan fingerprint density at radius 3 is 2.59 bits per heavy atom. The third-order valence-electron chi connectivity index (χ3n) is 8.95. The van der Waals surface area contributed by atoms with Crippen LogP contribution >= 0.6 is 0 Å². The van der Waals surface area contributed by atoms with Gasteiger partial charge in [-0.15, -0.1) is 0 Å². The molecule has 0 bridgehead atoms. The number of carbonyl (C=O) groups excluding carboxylic acids is 2. The van der Waals surface area contributed by atoms with Gasteiger partial charge in [-0.3, -0.25) is 9.59 Å². The van der Waals surface area contributed by atoms with Gasteiger partial charge in [0.15, 0.2) is 5.78 Å². The van der Waals surface area contributed by atoms with E-state index in [2.05, 4.69) is 34.6 Å². The van der Waals surface area contributed by atoms with Crippen LogP contribution in [0.5, 0.6) is 0 Å². The average molecular weight is 399 g/mol. The van der Waals surface area contributed by atoms with Crippen molar-refractivity contribution in [3.63, 3.8) is 0 Å². The molecule has 4 aliphatic rings. The predicted octanol–water partition coefficient (Wildman–Crippen LogP) is 6.24. The second-order valence-electron chi connectivity index (χ2n) is 11.1. The zero-order chi connectivity index (χ0) is 21.0. The van der Waals surface area contributed by atoms with Crippen LogP contribution in [0.15, 0.2) is 23.5 Å². The highest BCUT2D eigenvalue weighted by Crippen LogP contribution is 2.64. The molecule has 0 spiro atoms. The van der Waals surface area contributed by atoms with Crippen LogP contribution in [0.25, 0.3) is 0 Å². The van der Waals surface area contributed by atoms with Gasteiger partial charge in [-0.05, 0) is 60.5 Å². The van der Waals surface area contributed by atoms with Crippen molar-refractivity contribution in [2.45, 2.75) is 86.0 Å². The van der Waals surface area contributed by atoms with E-state index in [4.69, 9.17) is 4.74 Å². The molecule has 0 aromatic heterocycles. The van der Waals surface area contributed by atoms with Gasteiger partial charge < -0.3 is 4.74 Å². The molecular weight excluding hydrogens is 360 g/mol. The van der Waals surface area contributed by atoms with E-state index >= 15 is 0 Å². The summed E-state index contributed by atoms with van der Waals surface area (Å²) in [6.07, 6.45) is 12.5. The maximum absolute atomic E-state index is 12.9. The number of carbonyl (C=O) groups is 2. The summed E-state index contributed by atoms with van der Waals surface area (Å²) < 4.78 is 6.05. The van der Waals surface area contributed by atoms with E-state index < -0.39 is 0 Å². The van der Waals surface area contributed by atoms with Crippen molar-refractivity contribution < 1.29 is 14.3 Å². The molecule has 6 atom stereocenters. The number of allylic oxidation sites excluding steroid dienone is 4. The molecule has 3 aliphatic carbocycles. The molecule has 29 heavy (non-hydrogen) atoms. The first-order valence-corrected chi connectivity index (χ1v) is 11.8. The van der Waals surface area contributed by atoms with Gasteiger partial charge in [0.25, 0.3) is 0 Å². The quantitative estimate of drug-likeness (QED) is 0.515. The molecule has 1 aliphatic heterocycles. The Morgan fingerprint density at radius 2 is 1.86 bits per heavy atom. The Kier molecular flexibility index (Phi) is 5.32. The average Bonchev–Trinajstić information content (AvgIpc) is 3.00. The number of esters is 1. The van der Waals surface area contributed by atoms with E-state index in [0.717, 1.165) is 30.4 Å². The summed E-state index contributed by atoms with van der Waals surface area (Å²) in [5.74, 6) is 3.08. The van der Waals surface area contributed by atoms with Crippen LogP contribution in [0.2, 0.25) is 0 Å². The molecule has 160 valence electrons. The molecule has 0 aromatic carbocycles. The monoisotopic (exact) mass is 398 g/mol. The van der Waals surface area contributed by atoms with Gasteiger partial charge in [0.1, 0.15) is 5.76 Å². The third kappa shape index (κ3) is 3.33. The lowest BCUT2D eigenvalue weighted by Crippen LogP contribution is -2.48. The fraction of sp³-hybridized carbons (Fsp3) is 0.769. The van der Waals surface area contributed by atoms with Crippen LogP contribution in [0.4, 0.5) is 0 Å². The Bertz CT molecular complexity index is 760. The lowest BCUT2D eigenvalue weighted by atomic mass is 9.56. The first-order chi connectivity index (χ1) is 13.7. The van der Waals surface area contributed by atoms with Gasteiger partial charge >= 0.3 is 5.97 Å². The molecule has 0 radical (unpaired) electrons. The normalized spacial score (nSPS) is 39.9. The maximum Gasteiger partial charge on any atom is 0.315 e. The summed E-state index contributed by atoms with van der Waals surface area (Å²) >= 11 is 0. The molecule has 4 rings (SSSR count). The summed E-state index contributed by atoms with van der Waals surface area (Å²) in [4.78, 5) is 24.8. The zero-order valence-corrected chi connectivity index (χ0v) is 18.9. The molecule has 1 fully saturated rings. The Labute approximate surface area is 176 Å². The molecule has 1 saturated carbocycles. The van der Waals surface area contributed by atoms with Crippen molar-refractivity contribution in [1.82, 2.24) is 0 Å². The SMILES string of the molecule is CC(C)CCC[C@@H](C)[C@H]1CC[C@H]2C3=C(CC[C@]12C)[C@@]1(C)C=CC(=O)CC1C(=O)O3. The fourth-order valence-electron chi connectivity index (χ4n) is 7.12. The van der Waals surface area contributed by atoms with Gasteiger partial charge in [-0.25, -0.2) is 0 Å². The van der Waals surface area contributed by atoms with E-state index in [0.29, 0.717) is 18.3 Å². The van der Waals surface area contributed by atoms with Gasteiger partial charge in [0.2, 0.25) is 0 Å². The number of ketones is 1.